The van der Waals surface area contributed by atoms with E-state index >= 15 is 0 Å². The molecule has 1 fully saturated rings. The number of pyridine rings is 1. The molecule has 1 aliphatic rings. The predicted octanol–water partition coefficient (Wildman–Crippen LogP) is 3.22. The molecule has 2 atom stereocenters. The van der Waals surface area contributed by atoms with E-state index in [1.807, 2.05) is 12.3 Å². The molecule has 0 bridgehead atoms. The van der Waals surface area contributed by atoms with Crippen LogP contribution in [-0.2, 0) is 11.3 Å². The summed E-state index contributed by atoms with van der Waals surface area (Å²) < 4.78 is 5.88. The molecule has 0 spiro atoms. The van der Waals surface area contributed by atoms with E-state index in [1.54, 1.807) is 0 Å². The molecule has 2 heterocycles. The minimum absolute atomic E-state index is 0.292. The van der Waals surface area contributed by atoms with Gasteiger partial charge in [0.2, 0.25) is 0 Å². The number of fused-ring (bicyclic) bond motifs is 1. The number of aromatic nitrogens is 1. The number of hydrogen-bond acceptors (Lipinski definition) is 3. The minimum atomic E-state index is 0.292. The molecule has 1 aliphatic heterocycles. The van der Waals surface area contributed by atoms with Gasteiger partial charge >= 0.3 is 0 Å². The second kappa shape index (κ2) is 6.20. The standard InChI is InChI=1S/C16H19BrN2O/c1-12-9-19(11-15(8-17)20-12)10-13-4-5-16-14(7-13)3-2-6-18-16/h2-7,12,15H,8-11H2,1H3. The van der Waals surface area contributed by atoms with Crippen molar-refractivity contribution >= 4 is 26.8 Å². The molecule has 2 unspecified atom stereocenters. The number of ether oxygens (including phenoxy) is 1. The second-order valence-corrected chi connectivity index (χ2v) is 6.10. The van der Waals surface area contributed by atoms with Gasteiger partial charge in [-0.05, 0) is 30.7 Å². The van der Waals surface area contributed by atoms with Gasteiger partial charge in [-0.25, -0.2) is 0 Å². The highest BCUT2D eigenvalue weighted by atomic mass is 79.9. The van der Waals surface area contributed by atoms with E-state index in [4.69, 9.17) is 4.74 Å². The molecule has 0 aliphatic carbocycles. The minimum Gasteiger partial charge on any atom is -0.372 e. The Bertz CT molecular complexity index is 589. The van der Waals surface area contributed by atoms with Crippen LogP contribution >= 0.6 is 15.9 Å². The monoisotopic (exact) mass is 334 g/mol. The van der Waals surface area contributed by atoms with Gasteiger partial charge in [-0.3, -0.25) is 9.88 Å². The highest BCUT2D eigenvalue weighted by Crippen LogP contribution is 2.18. The molecule has 1 aromatic carbocycles. The van der Waals surface area contributed by atoms with Crippen LogP contribution < -0.4 is 0 Å². The summed E-state index contributed by atoms with van der Waals surface area (Å²) in [5.74, 6) is 0. The maximum Gasteiger partial charge on any atom is 0.0802 e. The van der Waals surface area contributed by atoms with E-state index < -0.39 is 0 Å². The van der Waals surface area contributed by atoms with Crippen LogP contribution in [0.25, 0.3) is 10.9 Å². The molecule has 106 valence electrons. The van der Waals surface area contributed by atoms with Crippen LogP contribution in [0.4, 0.5) is 0 Å². The number of rotatable bonds is 3. The zero-order chi connectivity index (χ0) is 13.9. The van der Waals surface area contributed by atoms with Gasteiger partial charge < -0.3 is 4.74 Å². The molecule has 0 saturated carbocycles. The molecular formula is C16H19BrN2O. The number of morpholine rings is 1. The lowest BCUT2D eigenvalue weighted by atomic mass is 10.1. The van der Waals surface area contributed by atoms with Gasteiger partial charge in [0.25, 0.3) is 0 Å². The van der Waals surface area contributed by atoms with Crippen molar-refractivity contribution < 1.29 is 4.74 Å². The van der Waals surface area contributed by atoms with E-state index in [-0.39, 0.29) is 0 Å². The molecule has 0 radical (unpaired) electrons. The number of benzene rings is 1. The zero-order valence-electron chi connectivity index (χ0n) is 11.6. The van der Waals surface area contributed by atoms with Gasteiger partial charge in [0.15, 0.2) is 0 Å². The fraction of sp³-hybridized carbons (Fsp3) is 0.438. The van der Waals surface area contributed by atoms with E-state index in [2.05, 4.69) is 57.0 Å². The summed E-state index contributed by atoms with van der Waals surface area (Å²) in [4.78, 5) is 6.84. The maximum atomic E-state index is 5.88. The molecule has 3 rings (SSSR count). The smallest absolute Gasteiger partial charge is 0.0802 e. The van der Waals surface area contributed by atoms with Crippen molar-refractivity contribution in [2.45, 2.75) is 25.7 Å². The number of nitrogens with zero attached hydrogens (tertiary/aromatic N) is 2. The molecule has 3 nitrogen and oxygen atoms in total. The number of halogens is 1. The third kappa shape index (κ3) is 3.19. The Labute approximate surface area is 128 Å². The van der Waals surface area contributed by atoms with Crippen molar-refractivity contribution in [1.29, 1.82) is 0 Å². The van der Waals surface area contributed by atoms with Crippen LogP contribution in [0.15, 0.2) is 36.5 Å². The normalized spacial score (nSPS) is 24.1. The van der Waals surface area contributed by atoms with E-state index in [0.29, 0.717) is 12.2 Å². The van der Waals surface area contributed by atoms with Crippen molar-refractivity contribution in [1.82, 2.24) is 9.88 Å². The molecular weight excluding hydrogens is 316 g/mol. The lowest BCUT2D eigenvalue weighted by Crippen LogP contribution is -2.46. The summed E-state index contributed by atoms with van der Waals surface area (Å²) in [6.45, 7) is 5.10. The van der Waals surface area contributed by atoms with E-state index in [9.17, 15) is 0 Å². The highest BCUT2D eigenvalue weighted by Gasteiger charge is 2.24. The Morgan fingerprint density at radius 1 is 1.35 bits per heavy atom. The summed E-state index contributed by atoms with van der Waals surface area (Å²) in [6, 6.07) is 10.6. The van der Waals surface area contributed by atoms with Gasteiger partial charge in [-0.15, -0.1) is 0 Å². The van der Waals surface area contributed by atoms with Crippen LogP contribution in [0, 0.1) is 0 Å². The molecule has 0 amide bonds. The first-order chi connectivity index (χ1) is 9.74. The molecule has 2 aromatic rings. The van der Waals surface area contributed by atoms with Gasteiger partial charge in [-0.1, -0.05) is 28.1 Å². The molecule has 1 saturated heterocycles. The number of alkyl halides is 1. The second-order valence-electron chi connectivity index (χ2n) is 5.45. The van der Waals surface area contributed by atoms with Gasteiger partial charge in [-0.2, -0.15) is 0 Å². The molecule has 4 heteroatoms. The largest absolute Gasteiger partial charge is 0.372 e. The highest BCUT2D eigenvalue weighted by molar-refractivity contribution is 9.09. The SMILES string of the molecule is CC1CN(Cc2ccc3ncccc3c2)CC(CBr)O1. The van der Waals surface area contributed by atoms with Crippen LogP contribution in [0.1, 0.15) is 12.5 Å². The van der Waals surface area contributed by atoms with Crippen LogP contribution in [0.3, 0.4) is 0 Å². The lowest BCUT2D eigenvalue weighted by molar-refractivity contribution is -0.0677. The average Bonchev–Trinajstić information content (AvgIpc) is 2.46. The third-order valence-corrected chi connectivity index (χ3v) is 4.37. The molecule has 0 N–H and O–H groups in total. The third-order valence-electron chi connectivity index (χ3n) is 3.65. The van der Waals surface area contributed by atoms with Crippen molar-refractivity contribution in [3.05, 3.63) is 42.1 Å². The van der Waals surface area contributed by atoms with Gasteiger partial charge in [0, 0.05) is 36.5 Å². The predicted molar refractivity (Wildman–Crippen MR) is 85.1 cm³/mol. The molecule has 1 aromatic heterocycles. The zero-order valence-corrected chi connectivity index (χ0v) is 13.2. The average molecular weight is 335 g/mol. The summed E-state index contributed by atoms with van der Waals surface area (Å²) in [7, 11) is 0. The Morgan fingerprint density at radius 2 is 2.25 bits per heavy atom. The van der Waals surface area contributed by atoms with Gasteiger partial charge in [0.1, 0.15) is 0 Å². The first-order valence-corrected chi connectivity index (χ1v) is 8.14. The van der Waals surface area contributed by atoms with Crippen LogP contribution in [-0.4, -0.2) is 40.5 Å². The summed E-state index contributed by atoms with van der Waals surface area (Å²) in [6.07, 6.45) is 2.43. The first-order valence-electron chi connectivity index (χ1n) is 7.02. The Kier molecular flexibility index (Phi) is 4.34. The topological polar surface area (TPSA) is 25.4 Å². The Balaban J connectivity index is 1.75. The quantitative estimate of drug-likeness (QED) is 0.806. The summed E-state index contributed by atoms with van der Waals surface area (Å²) in [5, 5.41) is 2.11. The van der Waals surface area contributed by atoms with E-state index in [1.165, 1.54) is 10.9 Å². The lowest BCUT2D eigenvalue weighted by Gasteiger charge is -2.36. The number of hydrogen-bond donors (Lipinski definition) is 0. The summed E-state index contributed by atoms with van der Waals surface area (Å²) >= 11 is 3.52. The summed E-state index contributed by atoms with van der Waals surface area (Å²) in [5.41, 5.74) is 2.40. The molecule has 20 heavy (non-hydrogen) atoms. The van der Waals surface area contributed by atoms with Crippen molar-refractivity contribution in [2.24, 2.45) is 0 Å². The Morgan fingerprint density at radius 3 is 3.10 bits per heavy atom. The first kappa shape index (κ1) is 14.0. The van der Waals surface area contributed by atoms with Crippen molar-refractivity contribution in [2.75, 3.05) is 18.4 Å². The van der Waals surface area contributed by atoms with Gasteiger partial charge in [0.05, 0.1) is 17.7 Å². The Hall–Kier alpha value is -0.970. The van der Waals surface area contributed by atoms with E-state index in [0.717, 1.165) is 30.5 Å². The fourth-order valence-corrected chi connectivity index (χ4v) is 3.19. The fourth-order valence-electron chi connectivity index (χ4n) is 2.84. The van der Waals surface area contributed by atoms with Crippen molar-refractivity contribution in [3.8, 4) is 0 Å². The van der Waals surface area contributed by atoms with Crippen molar-refractivity contribution in [3.63, 3.8) is 0 Å². The maximum absolute atomic E-state index is 5.88. The van der Waals surface area contributed by atoms with Crippen LogP contribution in [0.5, 0.6) is 0 Å². The van der Waals surface area contributed by atoms with Crippen LogP contribution in [0.2, 0.25) is 0 Å².